The van der Waals surface area contributed by atoms with E-state index in [2.05, 4.69) is 29.2 Å². The first-order chi connectivity index (χ1) is 14.6. The molecule has 0 amide bonds. The molecule has 3 aromatic rings. The number of likely N-dealkylation sites (tertiary alicyclic amines) is 1. The molecule has 1 fully saturated rings. The average molecular weight is 445 g/mol. The molecule has 0 spiro atoms. The molecule has 7 heteroatoms. The van der Waals surface area contributed by atoms with Crippen LogP contribution in [0.1, 0.15) is 30.6 Å². The molecule has 0 unspecified atom stereocenters. The maximum Gasteiger partial charge on any atom is 0.253 e. The van der Waals surface area contributed by atoms with Gasteiger partial charge in [-0.25, -0.2) is 8.42 Å². The molecule has 1 aliphatic heterocycles. The van der Waals surface area contributed by atoms with Gasteiger partial charge in [-0.1, -0.05) is 36.4 Å². The number of nitrogens with zero attached hydrogens (tertiary/aromatic N) is 2. The molecule has 5 nitrogen and oxygen atoms in total. The topological polar surface area (TPSA) is 53.8 Å². The predicted molar refractivity (Wildman–Crippen MR) is 120 cm³/mol. The van der Waals surface area contributed by atoms with Crippen molar-refractivity contribution < 1.29 is 12.8 Å². The van der Waals surface area contributed by atoms with Gasteiger partial charge in [0.15, 0.2) is 0 Å². The van der Waals surface area contributed by atoms with E-state index >= 15 is 0 Å². The summed E-state index contributed by atoms with van der Waals surface area (Å²) in [6.07, 6.45) is 5.49. The Bertz CT molecular complexity index is 979. The Morgan fingerprint density at radius 2 is 1.83 bits per heavy atom. The lowest BCUT2D eigenvalue weighted by molar-refractivity contribution is 0.151. The van der Waals surface area contributed by atoms with Gasteiger partial charge in [0.25, 0.3) is 10.0 Å². The van der Waals surface area contributed by atoms with Crippen molar-refractivity contribution in [2.45, 2.75) is 42.5 Å². The first kappa shape index (κ1) is 21.3. The van der Waals surface area contributed by atoms with Crippen molar-refractivity contribution in [3.8, 4) is 0 Å². The Kier molecular flexibility index (Phi) is 7.04. The third-order valence-corrected chi connectivity index (χ3v) is 8.97. The van der Waals surface area contributed by atoms with Gasteiger partial charge in [-0.15, -0.1) is 11.3 Å². The van der Waals surface area contributed by atoms with Gasteiger partial charge in [-0.2, -0.15) is 4.31 Å². The fourth-order valence-electron chi connectivity index (χ4n) is 4.07. The van der Waals surface area contributed by atoms with Crippen LogP contribution >= 0.6 is 11.3 Å². The molecule has 3 heterocycles. The van der Waals surface area contributed by atoms with Gasteiger partial charge in [-0.05, 0) is 74.5 Å². The highest BCUT2D eigenvalue weighted by Crippen LogP contribution is 2.29. The maximum absolute atomic E-state index is 13.3. The van der Waals surface area contributed by atoms with Crippen LogP contribution in [-0.4, -0.2) is 43.3 Å². The van der Waals surface area contributed by atoms with Crippen LogP contribution in [-0.2, 0) is 23.0 Å². The van der Waals surface area contributed by atoms with Crippen LogP contribution in [0.15, 0.2) is 74.9 Å². The lowest BCUT2D eigenvalue weighted by Crippen LogP contribution is -2.47. The highest BCUT2D eigenvalue weighted by Gasteiger charge is 2.34. The molecule has 1 aliphatic rings. The first-order valence-corrected chi connectivity index (χ1v) is 12.8. The summed E-state index contributed by atoms with van der Waals surface area (Å²) in [4.78, 5) is 2.46. The number of thiophene rings is 1. The van der Waals surface area contributed by atoms with Crippen molar-refractivity contribution in [1.29, 1.82) is 0 Å². The molecule has 0 aliphatic carbocycles. The van der Waals surface area contributed by atoms with Gasteiger partial charge in [0.2, 0.25) is 0 Å². The SMILES string of the molecule is O=S(=O)(c1cccs1)N(Cc1ccco1)C1CCN(CCCc2ccccc2)CC1. The summed E-state index contributed by atoms with van der Waals surface area (Å²) in [7, 11) is -3.53. The van der Waals surface area contributed by atoms with Crippen LogP contribution in [0.2, 0.25) is 0 Å². The molecule has 4 rings (SSSR count). The van der Waals surface area contributed by atoms with E-state index in [9.17, 15) is 8.42 Å². The van der Waals surface area contributed by atoms with Crippen molar-refractivity contribution >= 4 is 21.4 Å². The zero-order valence-electron chi connectivity index (χ0n) is 17.0. The molecular formula is C23H28N2O3S2. The number of benzene rings is 1. The van der Waals surface area contributed by atoms with E-state index in [0.717, 1.165) is 45.3 Å². The molecule has 0 atom stereocenters. The third kappa shape index (κ3) is 5.21. The summed E-state index contributed by atoms with van der Waals surface area (Å²) in [6, 6.07) is 17.7. The van der Waals surface area contributed by atoms with Crippen LogP contribution in [0, 0.1) is 0 Å². The number of rotatable bonds is 9. The van der Waals surface area contributed by atoms with Gasteiger partial charge >= 0.3 is 0 Å². The smallest absolute Gasteiger partial charge is 0.253 e. The molecule has 1 aromatic carbocycles. The van der Waals surface area contributed by atoms with Crippen LogP contribution in [0.3, 0.4) is 0 Å². The highest BCUT2D eigenvalue weighted by molar-refractivity contribution is 7.91. The van der Waals surface area contributed by atoms with Gasteiger partial charge in [0, 0.05) is 6.04 Å². The monoisotopic (exact) mass is 444 g/mol. The number of furan rings is 1. The second kappa shape index (κ2) is 9.92. The summed E-state index contributed by atoms with van der Waals surface area (Å²) in [6.45, 7) is 3.19. The average Bonchev–Trinajstić information content (AvgIpc) is 3.48. The van der Waals surface area contributed by atoms with Gasteiger partial charge in [0.05, 0.1) is 12.8 Å². The molecule has 1 saturated heterocycles. The Labute approximate surface area is 183 Å². The summed E-state index contributed by atoms with van der Waals surface area (Å²) in [5.74, 6) is 0.681. The van der Waals surface area contributed by atoms with Crippen LogP contribution in [0.25, 0.3) is 0 Å². The predicted octanol–water partition coefficient (Wildman–Crippen LogP) is 4.63. The van der Waals surface area contributed by atoms with E-state index in [4.69, 9.17) is 4.42 Å². The van der Waals surface area contributed by atoms with Crippen molar-refractivity contribution in [3.63, 3.8) is 0 Å². The zero-order chi connectivity index (χ0) is 20.8. The second-order valence-electron chi connectivity index (χ2n) is 7.72. The minimum atomic E-state index is -3.53. The molecular weight excluding hydrogens is 416 g/mol. The quantitative estimate of drug-likeness (QED) is 0.483. The van der Waals surface area contributed by atoms with Gasteiger partial charge in [-0.3, -0.25) is 0 Å². The number of hydrogen-bond donors (Lipinski definition) is 0. The van der Waals surface area contributed by atoms with Crippen molar-refractivity contribution in [3.05, 3.63) is 77.6 Å². The van der Waals surface area contributed by atoms with E-state index in [1.165, 1.54) is 16.9 Å². The van der Waals surface area contributed by atoms with E-state index in [1.54, 1.807) is 28.8 Å². The van der Waals surface area contributed by atoms with Crippen molar-refractivity contribution in [1.82, 2.24) is 9.21 Å². The lowest BCUT2D eigenvalue weighted by Gasteiger charge is -2.37. The summed E-state index contributed by atoms with van der Waals surface area (Å²) < 4.78 is 34.1. The van der Waals surface area contributed by atoms with Crippen LogP contribution in [0.4, 0.5) is 0 Å². The number of hydrogen-bond acceptors (Lipinski definition) is 5. The fraction of sp³-hybridized carbons (Fsp3) is 0.391. The normalized spacial score (nSPS) is 16.3. The highest BCUT2D eigenvalue weighted by atomic mass is 32.2. The molecule has 0 bridgehead atoms. The Morgan fingerprint density at radius 3 is 2.50 bits per heavy atom. The Morgan fingerprint density at radius 1 is 1.03 bits per heavy atom. The minimum Gasteiger partial charge on any atom is -0.468 e. The lowest BCUT2D eigenvalue weighted by atomic mass is 10.0. The molecule has 2 aromatic heterocycles. The van der Waals surface area contributed by atoms with E-state index in [1.807, 2.05) is 17.5 Å². The van der Waals surface area contributed by atoms with Crippen molar-refractivity contribution in [2.24, 2.45) is 0 Å². The van der Waals surface area contributed by atoms with Gasteiger partial charge < -0.3 is 9.32 Å². The van der Waals surface area contributed by atoms with E-state index in [-0.39, 0.29) is 12.6 Å². The molecule has 30 heavy (non-hydrogen) atoms. The van der Waals surface area contributed by atoms with Crippen LogP contribution < -0.4 is 0 Å². The molecule has 160 valence electrons. The largest absolute Gasteiger partial charge is 0.468 e. The Balaban J connectivity index is 1.37. The number of aryl methyl sites for hydroxylation is 1. The number of piperidine rings is 1. The molecule has 0 radical (unpaired) electrons. The Hall–Kier alpha value is -1.93. The minimum absolute atomic E-state index is 0.00688. The zero-order valence-corrected chi connectivity index (χ0v) is 18.7. The third-order valence-electron chi connectivity index (χ3n) is 5.70. The fourth-order valence-corrected chi connectivity index (χ4v) is 6.85. The second-order valence-corrected chi connectivity index (χ2v) is 10.8. The molecule has 0 N–H and O–H groups in total. The molecule has 0 saturated carbocycles. The van der Waals surface area contributed by atoms with Crippen molar-refractivity contribution in [2.75, 3.05) is 19.6 Å². The standard InChI is InChI=1S/C23H28N2O3S2/c26-30(27,23-11-6-18-29-23)25(19-22-10-5-17-28-22)21-12-15-24(16-13-21)14-4-9-20-7-2-1-3-8-20/h1-3,5-8,10-11,17-18,21H,4,9,12-16,19H2. The van der Waals surface area contributed by atoms with Crippen LogP contribution in [0.5, 0.6) is 0 Å². The summed E-state index contributed by atoms with van der Waals surface area (Å²) in [5.41, 5.74) is 1.37. The van der Waals surface area contributed by atoms with Gasteiger partial charge in [0.1, 0.15) is 9.97 Å². The number of sulfonamides is 1. The summed E-state index contributed by atoms with van der Waals surface area (Å²) in [5, 5.41) is 1.81. The maximum atomic E-state index is 13.3. The van der Waals surface area contributed by atoms with E-state index < -0.39 is 10.0 Å². The first-order valence-electron chi connectivity index (χ1n) is 10.5. The van der Waals surface area contributed by atoms with E-state index in [0.29, 0.717) is 9.97 Å². The summed E-state index contributed by atoms with van der Waals surface area (Å²) >= 11 is 1.27.